The van der Waals surface area contributed by atoms with Crippen molar-refractivity contribution in [2.24, 2.45) is 0 Å². The van der Waals surface area contributed by atoms with Gasteiger partial charge in [0.1, 0.15) is 11.6 Å². The summed E-state index contributed by atoms with van der Waals surface area (Å²) in [6.07, 6.45) is 1.37. The summed E-state index contributed by atoms with van der Waals surface area (Å²) in [6, 6.07) is 15.0. The molecule has 1 aliphatic heterocycles. The molecule has 2 amide bonds. The first-order chi connectivity index (χ1) is 17.6. The molecule has 10 heteroatoms. The minimum atomic E-state index is -3.63. The fraction of sp³-hybridized carbons (Fsp3) is 0.222. The lowest BCUT2D eigenvalue weighted by molar-refractivity contribution is -0.143. The van der Waals surface area contributed by atoms with E-state index in [0.717, 1.165) is 0 Å². The second-order valence-corrected chi connectivity index (χ2v) is 9.07. The first-order valence-electron chi connectivity index (χ1n) is 11.6. The Morgan fingerprint density at radius 3 is 2.51 bits per heavy atom. The number of halogens is 4. The van der Waals surface area contributed by atoms with Crippen molar-refractivity contribution in [1.82, 2.24) is 15.1 Å². The summed E-state index contributed by atoms with van der Waals surface area (Å²) in [7, 11) is 0. The number of benzene rings is 3. The van der Waals surface area contributed by atoms with Crippen LogP contribution in [0.5, 0.6) is 0 Å². The summed E-state index contributed by atoms with van der Waals surface area (Å²) < 4.78 is 56.6. The molecule has 0 saturated carbocycles. The van der Waals surface area contributed by atoms with Crippen LogP contribution in [0.1, 0.15) is 30.5 Å². The molecule has 0 unspecified atom stereocenters. The molecule has 3 aromatic carbocycles. The third-order valence-corrected chi connectivity index (χ3v) is 6.43. The van der Waals surface area contributed by atoms with Crippen molar-refractivity contribution in [1.29, 1.82) is 0 Å². The van der Waals surface area contributed by atoms with Crippen LogP contribution in [-0.4, -0.2) is 33.6 Å². The molecule has 0 radical (unpaired) electrons. The Labute approximate surface area is 209 Å². The summed E-state index contributed by atoms with van der Waals surface area (Å²) >= 11 is 0. The Hall–Kier alpha value is -4.21. The van der Waals surface area contributed by atoms with Gasteiger partial charge in [0.2, 0.25) is 5.91 Å². The molecular formula is C27H22F4N4O2. The summed E-state index contributed by atoms with van der Waals surface area (Å²) in [5, 5.41) is 7.31. The quantitative estimate of drug-likeness (QED) is 0.372. The fourth-order valence-corrected chi connectivity index (χ4v) is 4.64. The van der Waals surface area contributed by atoms with E-state index in [4.69, 9.17) is 0 Å². The van der Waals surface area contributed by atoms with Gasteiger partial charge >= 0.3 is 5.92 Å². The number of amides is 2. The zero-order valence-electron chi connectivity index (χ0n) is 19.7. The molecular weight excluding hydrogens is 488 g/mol. The number of alkyl halides is 2. The van der Waals surface area contributed by atoms with E-state index < -0.39 is 35.6 Å². The average Bonchev–Trinajstić information content (AvgIpc) is 3.40. The number of nitrogens with zero attached hydrogens (tertiary/aromatic N) is 3. The van der Waals surface area contributed by atoms with Crippen molar-refractivity contribution in [3.8, 4) is 0 Å². The van der Waals surface area contributed by atoms with Crippen molar-refractivity contribution < 1.29 is 27.2 Å². The molecule has 1 fully saturated rings. The highest BCUT2D eigenvalue weighted by molar-refractivity contribution is 6.00. The monoisotopic (exact) mass is 510 g/mol. The van der Waals surface area contributed by atoms with E-state index in [1.807, 2.05) is 0 Å². The zero-order chi connectivity index (χ0) is 26.3. The Morgan fingerprint density at radius 2 is 1.81 bits per heavy atom. The lowest BCUT2D eigenvalue weighted by Crippen LogP contribution is -2.46. The predicted octanol–water partition coefficient (Wildman–Crippen LogP) is 4.98. The number of fused-ring (bicyclic) bond motifs is 1. The van der Waals surface area contributed by atoms with E-state index in [1.54, 1.807) is 47.3 Å². The van der Waals surface area contributed by atoms with Gasteiger partial charge in [-0.15, -0.1) is 0 Å². The number of carbonyl (C=O) groups excluding carboxylic acids is 2. The van der Waals surface area contributed by atoms with E-state index in [0.29, 0.717) is 34.6 Å². The van der Waals surface area contributed by atoms with Crippen LogP contribution in [0, 0.1) is 11.6 Å². The van der Waals surface area contributed by atoms with Crippen molar-refractivity contribution in [2.75, 3.05) is 4.90 Å². The number of hydrogen-bond donors (Lipinski definition) is 1. The van der Waals surface area contributed by atoms with E-state index in [-0.39, 0.29) is 18.8 Å². The molecule has 2 atom stereocenters. The largest absolute Gasteiger partial charge is 0.345 e. The highest BCUT2D eigenvalue weighted by Crippen LogP contribution is 2.39. The summed E-state index contributed by atoms with van der Waals surface area (Å²) in [4.78, 5) is 26.6. The highest BCUT2D eigenvalue weighted by Gasteiger charge is 2.45. The van der Waals surface area contributed by atoms with Gasteiger partial charge in [0, 0.05) is 30.0 Å². The van der Waals surface area contributed by atoms with Gasteiger partial charge in [-0.2, -0.15) is 13.9 Å². The van der Waals surface area contributed by atoms with Crippen molar-refractivity contribution in [3.05, 3.63) is 95.7 Å². The number of nitrogens with one attached hydrogen (secondary N) is 1. The van der Waals surface area contributed by atoms with Crippen LogP contribution in [0.25, 0.3) is 10.9 Å². The van der Waals surface area contributed by atoms with Gasteiger partial charge in [0.15, 0.2) is 0 Å². The fourth-order valence-electron chi connectivity index (χ4n) is 4.64. The molecule has 0 bridgehead atoms. The van der Waals surface area contributed by atoms with Crippen molar-refractivity contribution in [3.63, 3.8) is 0 Å². The molecule has 1 aromatic heterocycles. The summed E-state index contributed by atoms with van der Waals surface area (Å²) in [6.45, 7) is 0.687. The number of aromatic nitrogens is 2. The predicted molar refractivity (Wildman–Crippen MR) is 129 cm³/mol. The second kappa shape index (κ2) is 9.34. The molecule has 0 aliphatic carbocycles. The third kappa shape index (κ3) is 4.78. The highest BCUT2D eigenvalue weighted by atomic mass is 19.3. The van der Waals surface area contributed by atoms with Crippen LogP contribution >= 0.6 is 0 Å². The van der Waals surface area contributed by atoms with Gasteiger partial charge in [0.25, 0.3) is 5.91 Å². The molecule has 1 N–H and O–H groups in total. The van der Waals surface area contributed by atoms with Gasteiger partial charge in [-0.25, -0.2) is 8.78 Å². The van der Waals surface area contributed by atoms with Crippen LogP contribution in [-0.2, 0) is 16.1 Å². The Bertz CT molecular complexity index is 1480. The maximum absolute atomic E-state index is 14.1. The smallest absolute Gasteiger partial charge is 0.321 e. The van der Waals surface area contributed by atoms with Gasteiger partial charge in [-0.1, -0.05) is 30.3 Å². The number of anilines is 1. The maximum atomic E-state index is 14.1. The summed E-state index contributed by atoms with van der Waals surface area (Å²) in [5.41, 5.74) is 2.10. The van der Waals surface area contributed by atoms with Crippen molar-refractivity contribution in [2.45, 2.75) is 37.9 Å². The van der Waals surface area contributed by atoms with Gasteiger partial charge in [-0.05, 0) is 42.0 Å². The Morgan fingerprint density at radius 1 is 1.08 bits per heavy atom. The molecule has 2 heterocycles. The minimum absolute atomic E-state index is 0.204. The van der Waals surface area contributed by atoms with Gasteiger partial charge < -0.3 is 10.2 Å². The number of rotatable bonds is 6. The lowest BCUT2D eigenvalue weighted by Gasteiger charge is -2.29. The van der Waals surface area contributed by atoms with E-state index in [9.17, 15) is 27.2 Å². The topological polar surface area (TPSA) is 67.2 Å². The minimum Gasteiger partial charge on any atom is -0.345 e. The SMILES string of the molecule is CC(F)(F)C(=O)N[C@H]1CC(=O)N(c2ccc3c(cnn3Cc3ccccc3F)c2)[C@@H]1c1ccc(F)cc1. The third-order valence-electron chi connectivity index (χ3n) is 6.43. The average molecular weight is 510 g/mol. The second-order valence-electron chi connectivity index (χ2n) is 9.07. The molecule has 1 saturated heterocycles. The van der Waals surface area contributed by atoms with Crippen LogP contribution in [0.4, 0.5) is 23.2 Å². The maximum Gasteiger partial charge on any atom is 0.321 e. The lowest BCUT2D eigenvalue weighted by atomic mass is 9.99. The Kier molecular flexibility index (Phi) is 6.18. The standard InChI is InChI=1S/C27H22F4N4O2/c1-27(30,31)26(37)33-22-13-24(36)35(25(22)16-6-8-19(28)9-7-16)20-10-11-23-18(12-20)14-32-34(23)15-17-4-2-3-5-21(17)29/h2-12,14,22,25H,13,15H2,1H3,(H,33,37)/t22-,25+/m0/s1. The normalized spacial score (nSPS) is 18.0. The van der Waals surface area contributed by atoms with Gasteiger partial charge in [-0.3, -0.25) is 14.3 Å². The van der Waals surface area contributed by atoms with Crippen LogP contribution in [0.3, 0.4) is 0 Å². The number of hydrogen-bond acceptors (Lipinski definition) is 3. The van der Waals surface area contributed by atoms with Crippen LogP contribution in [0.15, 0.2) is 72.9 Å². The first kappa shape index (κ1) is 24.5. The zero-order valence-corrected chi connectivity index (χ0v) is 19.7. The molecule has 1 aliphatic rings. The number of carbonyl (C=O) groups is 2. The van der Waals surface area contributed by atoms with E-state index in [1.165, 1.54) is 35.2 Å². The molecule has 37 heavy (non-hydrogen) atoms. The Balaban J connectivity index is 1.51. The molecule has 5 rings (SSSR count). The molecule has 190 valence electrons. The molecule has 6 nitrogen and oxygen atoms in total. The summed E-state index contributed by atoms with van der Waals surface area (Å²) in [5.74, 6) is -6.36. The molecule has 0 spiro atoms. The van der Waals surface area contributed by atoms with Crippen LogP contribution in [0.2, 0.25) is 0 Å². The van der Waals surface area contributed by atoms with Crippen molar-refractivity contribution >= 4 is 28.4 Å². The van der Waals surface area contributed by atoms with E-state index >= 15 is 0 Å². The molecule has 4 aromatic rings. The van der Waals surface area contributed by atoms with Crippen LogP contribution < -0.4 is 10.2 Å². The first-order valence-corrected chi connectivity index (χ1v) is 11.6. The van der Waals surface area contributed by atoms with Gasteiger partial charge in [0.05, 0.1) is 30.3 Å². The van der Waals surface area contributed by atoms with E-state index in [2.05, 4.69) is 10.4 Å².